The Hall–Kier alpha value is -1.36. The summed E-state index contributed by atoms with van der Waals surface area (Å²) in [7, 11) is 0. The summed E-state index contributed by atoms with van der Waals surface area (Å²) in [6, 6.07) is 13.5. The molecule has 0 heterocycles. The Kier molecular flexibility index (Phi) is 8.33. The predicted octanol–water partition coefficient (Wildman–Crippen LogP) is 5.72. The van der Waals surface area contributed by atoms with Gasteiger partial charge in [-0.05, 0) is 40.8 Å². The molecule has 146 valence electrons. The topological polar surface area (TPSA) is 38.3 Å². The molecule has 27 heavy (non-hydrogen) atoms. The first-order chi connectivity index (χ1) is 12.8. The largest absolute Gasteiger partial charge is 0.492 e. The number of rotatable bonds is 8. The zero-order valence-corrected chi connectivity index (χ0v) is 18.2. The molecule has 2 aromatic rings. The van der Waals surface area contributed by atoms with Gasteiger partial charge < -0.3 is 10.1 Å². The first-order valence-corrected chi connectivity index (χ1v) is 10.7. The van der Waals surface area contributed by atoms with Crippen LogP contribution in [0, 0.1) is 0 Å². The summed E-state index contributed by atoms with van der Waals surface area (Å²) >= 11 is 13.7. The standard InChI is InChI=1S/C21H25Cl2NO2S/c1-21(2,3)15-7-9-16(10-8-15)26-12-11-24-20(25)14-27-13-17-18(22)5-4-6-19(17)23/h4-10H,11-14H2,1-3H3,(H,24,25). The first-order valence-electron chi connectivity index (χ1n) is 8.78. The number of hydrogen-bond donors (Lipinski definition) is 1. The van der Waals surface area contributed by atoms with Gasteiger partial charge in [0.15, 0.2) is 0 Å². The molecule has 0 aliphatic rings. The molecule has 2 rings (SSSR count). The van der Waals surface area contributed by atoms with Gasteiger partial charge in [0.25, 0.3) is 0 Å². The van der Waals surface area contributed by atoms with Gasteiger partial charge in [-0.1, -0.05) is 62.2 Å². The van der Waals surface area contributed by atoms with E-state index in [2.05, 4.69) is 38.2 Å². The third-order valence-corrected chi connectivity index (χ3v) is 5.62. The highest BCUT2D eigenvalue weighted by Crippen LogP contribution is 2.28. The molecule has 3 nitrogen and oxygen atoms in total. The molecule has 2 aromatic carbocycles. The molecule has 0 unspecified atom stereocenters. The van der Waals surface area contributed by atoms with E-state index in [1.54, 1.807) is 12.1 Å². The molecule has 0 bridgehead atoms. The van der Waals surface area contributed by atoms with Crippen molar-refractivity contribution < 1.29 is 9.53 Å². The predicted molar refractivity (Wildman–Crippen MR) is 116 cm³/mol. The van der Waals surface area contributed by atoms with Crippen molar-refractivity contribution >= 4 is 40.9 Å². The van der Waals surface area contributed by atoms with E-state index < -0.39 is 0 Å². The van der Waals surface area contributed by atoms with Crippen LogP contribution in [0.5, 0.6) is 5.75 Å². The van der Waals surface area contributed by atoms with Gasteiger partial charge >= 0.3 is 0 Å². The van der Waals surface area contributed by atoms with E-state index in [0.29, 0.717) is 34.7 Å². The highest BCUT2D eigenvalue weighted by molar-refractivity contribution is 7.99. The lowest BCUT2D eigenvalue weighted by atomic mass is 9.87. The summed E-state index contributed by atoms with van der Waals surface area (Å²) in [5, 5.41) is 4.11. The molecule has 0 fully saturated rings. The molecule has 6 heteroatoms. The Morgan fingerprint density at radius 1 is 1.07 bits per heavy atom. The maximum Gasteiger partial charge on any atom is 0.230 e. The number of carbonyl (C=O) groups is 1. The second-order valence-electron chi connectivity index (χ2n) is 7.17. The van der Waals surface area contributed by atoms with Crippen LogP contribution < -0.4 is 10.1 Å². The fourth-order valence-electron chi connectivity index (χ4n) is 2.38. The quantitative estimate of drug-likeness (QED) is 0.549. The minimum Gasteiger partial charge on any atom is -0.492 e. The van der Waals surface area contributed by atoms with Crippen molar-refractivity contribution in [3.05, 3.63) is 63.6 Å². The minimum absolute atomic E-state index is 0.0325. The maximum absolute atomic E-state index is 11.9. The second-order valence-corrected chi connectivity index (χ2v) is 8.97. The molecule has 0 atom stereocenters. The van der Waals surface area contributed by atoms with E-state index >= 15 is 0 Å². The Morgan fingerprint density at radius 3 is 2.30 bits per heavy atom. The van der Waals surface area contributed by atoms with Gasteiger partial charge in [-0.15, -0.1) is 11.8 Å². The molecule has 0 saturated heterocycles. The van der Waals surface area contributed by atoms with E-state index in [-0.39, 0.29) is 11.3 Å². The molecular weight excluding hydrogens is 401 g/mol. The van der Waals surface area contributed by atoms with Crippen molar-refractivity contribution in [2.45, 2.75) is 31.9 Å². The number of hydrogen-bond acceptors (Lipinski definition) is 3. The summed E-state index contributed by atoms with van der Waals surface area (Å²) < 4.78 is 5.67. The van der Waals surface area contributed by atoms with Crippen molar-refractivity contribution in [1.29, 1.82) is 0 Å². The average Bonchev–Trinajstić information content (AvgIpc) is 2.61. The maximum atomic E-state index is 11.9. The monoisotopic (exact) mass is 425 g/mol. The van der Waals surface area contributed by atoms with Gasteiger partial charge in [-0.25, -0.2) is 0 Å². The van der Waals surface area contributed by atoms with Crippen molar-refractivity contribution in [2.24, 2.45) is 0 Å². The first kappa shape index (κ1) is 21.9. The SMILES string of the molecule is CC(C)(C)c1ccc(OCCNC(=O)CSCc2c(Cl)cccc2Cl)cc1. The summed E-state index contributed by atoms with van der Waals surface area (Å²) in [5.74, 6) is 1.72. The molecule has 0 radical (unpaired) electrons. The van der Waals surface area contributed by atoms with Crippen LogP contribution >= 0.6 is 35.0 Å². The molecule has 1 N–H and O–H groups in total. The third kappa shape index (κ3) is 7.28. The molecular formula is C21H25Cl2NO2S. The van der Waals surface area contributed by atoms with E-state index in [9.17, 15) is 4.79 Å². The van der Waals surface area contributed by atoms with Crippen molar-refractivity contribution in [3.63, 3.8) is 0 Å². The smallest absolute Gasteiger partial charge is 0.230 e. The van der Waals surface area contributed by atoms with Gasteiger partial charge in [0, 0.05) is 15.8 Å². The highest BCUT2D eigenvalue weighted by atomic mass is 35.5. The Morgan fingerprint density at radius 2 is 1.70 bits per heavy atom. The minimum atomic E-state index is -0.0325. The molecule has 0 aliphatic heterocycles. The molecule has 0 saturated carbocycles. The van der Waals surface area contributed by atoms with Crippen LogP contribution in [0.15, 0.2) is 42.5 Å². The van der Waals surface area contributed by atoms with Gasteiger partial charge in [0.05, 0.1) is 12.3 Å². The van der Waals surface area contributed by atoms with Gasteiger partial charge in [-0.3, -0.25) is 4.79 Å². The molecule has 0 spiro atoms. The number of nitrogens with one attached hydrogen (secondary N) is 1. The van der Waals surface area contributed by atoms with Crippen LogP contribution in [-0.2, 0) is 16.0 Å². The summed E-state index contributed by atoms with van der Waals surface area (Å²) in [5.41, 5.74) is 2.25. The zero-order valence-electron chi connectivity index (χ0n) is 15.9. The number of carbonyl (C=O) groups excluding carboxylic acids is 1. The van der Waals surface area contributed by atoms with E-state index in [1.165, 1.54) is 17.3 Å². The summed E-state index contributed by atoms with van der Waals surface area (Å²) in [6.07, 6.45) is 0. The fraction of sp³-hybridized carbons (Fsp3) is 0.381. The number of benzene rings is 2. The van der Waals surface area contributed by atoms with E-state index in [1.807, 2.05) is 18.2 Å². The zero-order chi connectivity index (χ0) is 19.9. The van der Waals surface area contributed by atoms with Crippen molar-refractivity contribution in [3.8, 4) is 5.75 Å². The van der Waals surface area contributed by atoms with Gasteiger partial charge in [0.2, 0.25) is 5.91 Å². The summed E-state index contributed by atoms with van der Waals surface area (Å²) in [4.78, 5) is 11.9. The van der Waals surface area contributed by atoms with Crippen molar-refractivity contribution in [1.82, 2.24) is 5.32 Å². The Bertz CT molecular complexity index is 738. The Balaban J connectivity index is 1.65. The molecule has 0 aliphatic carbocycles. The van der Waals surface area contributed by atoms with E-state index in [4.69, 9.17) is 27.9 Å². The number of halogens is 2. The van der Waals surface area contributed by atoms with Crippen LogP contribution in [-0.4, -0.2) is 24.8 Å². The highest BCUT2D eigenvalue weighted by Gasteiger charge is 2.13. The lowest BCUT2D eigenvalue weighted by Crippen LogP contribution is -2.29. The van der Waals surface area contributed by atoms with Gasteiger partial charge in [-0.2, -0.15) is 0 Å². The lowest BCUT2D eigenvalue weighted by molar-refractivity contribution is -0.118. The number of amides is 1. The van der Waals surface area contributed by atoms with Crippen LogP contribution in [0.4, 0.5) is 0 Å². The summed E-state index contributed by atoms with van der Waals surface area (Å²) in [6.45, 7) is 7.43. The molecule has 0 aromatic heterocycles. The fourth-order valence-corrected chi connectivity index (χ4v) is 3.97. The number of thioether (sulfide) groups is 1. The van der Waals surface area contributed by atoms with Crippen LogP contribution in [0.1, 0.15) is 31.9 Å². The van der Waals surface area contributed by atoms with Gasteiger partial charge in [0.1, 0.15) is 12.4 Å². The van der Waals surface area contributed by atoms with Crippen LogP contribution in [0.3, 0.4) is 0 Å². The third-order valence-electron chi connectivity index (χ3n) is 3.95. The number of ether oxygens (including phenoxy) is 1. The lowest BCUT2D eigenvalue weighted by Gasteiger charge is -2.19. The second kappa shape index (κ2) is 10.3. The van der Waals surface area contributed by atoms with E-state index in [0.717, 1.165) is 11.3 Å². The molecule has 1 amide bonds. The normalized spacial score (nSPS) is 11.3. The van der Waals surface area contributed by atoms with Crippen LogP contribution in [0.2, 0.25) is 10.0 Å². The average molecular weight is 426 g/mol. The Labute approximate surface area is 175 Å². The van der Waals surface area contributed by atoms with Crippen LogP contribution in [0.25, 0.3) is 0 Å². The van der Waals surface area contributed by atoms with Crippen molar-refractivity contribution in [2.75, 3.05) is 18.9 Å².